The highest BCUT2D eigenvalue weighted by Gasteiger charge is 2.23. The van der Waals surface area contributed by atoms with E-state index in [0.717, 1.165) is 32.5 Å². The van der Waals surface area contributed by atoms with Crippen LogP contribution < -0.4 is 5.32 Å². The second kappa shape index (κ2) is 7.77. The molecule has 0 radical (unpaired) electrons. The molecule has 1 aliphatic heterocycles. The van der Waals surface area contributed by atoms with E-state index in [1.165, 1.54) is 17.5 Å². The summed E-state index contributed by atoms with van der Waals surface area (Å²) in [6, 6.07) is 9.26. The van der Waals surface area contributed by atoms with E-state index >= 15 is 0 Å². The lowest BCUT2D eigenvalue weighted by atomic mass is 9.92. The van der Waals surface area contributed by atoms with Gasteiger partial charge in [-0.1, -0.05) is 31.2 Å². The smallest absolute Gasteiger partial charge is 0.0842 e. The number of ether oxygens (including phenoxy) is 1. The Hall–Kier alpha value is -0.900. The summed E-state index contributed by atoms with van der Waals surface area (Å²) in [6.07, 6.45) is 3.55. The molecule has 0 bridgehead atoms. The van der Waals surface area contributed by atoms with Crippen molar-refractivity contribution in [1.82, 2.24) is 10.2 Å². The summed E-state index contributed by atoms with van der Waals surface area (Å²) in [5.41, 5.74) is 2.86. The first-order valence-corrected chi connectivity index (χ1v) is 7.78. The predicted molar refractivity (Wildman–Crippen MR) is 84.1 cm³/mol. The highest BCUT2D eigenvalue weighted by molar-refractivity contribution is 5.31. The average Bonchev–Trinajstić information content (AvgIpc) is 2.45. The van der Waals surface area contributed by atoms with Crippen molar-refractivity contribution in [1.29, 1.82) is 0 Å². The third kappa shape index (κ3) is 4.30. The van der Waals surface area contributed by atoms with Crippen LogP contribution in [-0.2, 0) is 11.2 Å². The lowest BCUT2D eigenvalue weighted by Gasteiger charge is -2.30. The van der Waals surface area contributed by atoms with Crippen LogP contribution in [0.25, 0.3) is 0 Å². The number of rotatable bonds is 7. The topological polar surface area (TPSA) is 24.5 Å². The normalized spacial score (nSPS) is 19.9. The maximum Gasteiger partial charge on any atom is 0.0842 e. The molecule has 1 aromatic rings. The van der Waals surface area contributed by atoms with Crippen LogP contribution in [0.15, 0.2) is 24.3 Å². The Bertz CT molecular complexity index is 406. The minimum absolute atomic E-state index is 0.256. The van der Waals surface area contributed by atoms with Crippen molar-refractivity contribution in [2.24, 2.45) is 0 Å². The van der Waals surface area contributed by atoms with Gasteiger partial charge in [0.25, 0.3) is 0 Å². The van der Waals surface area contributed by atoms with Gasteiger partial charge >= 0.3 is 0 Å². The SMILES string of the molecule is CCNC(CCN(C)C)CC1OCCc2ccccc21. The zero-order chi connectivity index (χ0) is 14.4. The summed E-state index contributed by atoms with van der Waals surface area (Å²) >= 11 is 0. The fourth-order valence-electron chi connectivity index (χ4n) is 2.94. The molecule has 112 valence electrons. The zero-order valence-corrected chi connectivity index (χ0v) is 13.1. The van der Waals surface area contributed by atoms with Gasteiger partial charge in [0.05, 0.1) is 12.7 Å². The van der Waals surface area contributed by atoms with Gasteiger partial charge in [0.2, 0.25) is 0 Å². The van der Waals surface area contributed by atoms with E-state index in [4.69, 9.17) is 4.74 Å². The average molecular weight is 276 g/mol. The summed E-state index contributed by atoms with van der Waals surface area (Å²) in [5, 5.41) is 3.61. The molecule has 2 atom stereocenters. The molecule has 1 aliphatic rings. The molecule has 2 unspecified atom stereocenters. The molecule has 0 aromatic heterocycles. The van der Waals surface area contributed by atoms with Gasteiger partial charge in [-0.05, 0) is 57.6 Å². The monoisotopic (exact) mass is 276 g/mol. The number of benzene rings is 1. The maximum absolute atomic E-state index is 6.03. The number of nitrogens with one attached hydrogen (secondary N) is 1. The number of hydrogen-bond acceptors (Lipinski definition) is 3. The van der Waals surface area contributed by atoms with Crippen molar-refractivity contribution in [3.63, 3.8) is 0 Å². The predicted octanol–water partition coefficient (Wildman–Crippen LogP) is 2.62. The molecule has 0 amide bonds. The fourth-order valence-corrected chi connectivity index (χ4v) is 2.94. The molecule has 0 saturated carbocycles. The third-order valence-electron chi connectivity index (χ3n) is 4.01. The van der Waals surface area contributed by atoms with Gasteiger partial charge in [0.15, 0.2) is 0 Å². The van der Waals surface area contributed by atoms with Crippen molar-refractivity contribution < 1.29 is 4.74 Å². The molecule has 20 heavy (non-hydrogen) atoms. The molecule has 1 heterocycles. The van der Waals surface area contributed by atoms with E-state index in [2.05, 4.69) is 55.5 Å². The first kappa shape index (κ1) is 15.5. The van der Waals surface area contributed by atoms with E-state index in [0.29, 0.717) is 6.04 Å². The Balaban J connectivity index is 2.00. The van der Waals surface area contributed by atoms with Crippen LogP contribution in [0.1, 0.15) is 37.0 Å². The number of fused-ring (bicyclic) bond motifs is 1. The van der Waals surface area contributed by atoms with E-state index < -0.39 is 0 Å². The maximum atomic E-state index is 6.03. The standard InChI is InChI=1S/C17H28N2O/c1-4-18-15(9-11-19(2)3)13-17-16-8-6-5-7-14(16)10-12-20-17/h5-8,15,17-18H,4,9-13H2,1-3H3. The van der Waals surface area contributed by atoms with Crippen LogP contribution in [0, 0.1) is 0 Å². The van der Waals surface area contributed by atoms with Gasteiger partial charge in [0, 0.05) is 6.04 Å². The number of nitrogens with zero attached hydrogens (tertiary/aromatic N) is 1. The van der Waals surface area contributed by atoms with Crippen LogP contribution in [0.2, 0.25) is 0 Å². The third-order valence-corrected chi connectivity index (χ3v) is 4.01. The summed E-state index contributed by atoms with van der Waals surface area (Å²) in [4.78, 5) is 2.25. The van der Waals surface area contributed by atoms with Gasteiger partial charge in [-0.3, -0.25) is 0 Å². The van der Waals surface area contributed by atoms with Crippen molar-refractivity contribution in [2.45, 2.75) is 38.3 Å². The van der Waals surface area contributed by atoms with E-state index in [1.54, 1.807) is 0 Å². The van der Waals surface area contributed by atoms with Gasteiger partial charge in [-0.25, -0.2) is 0 Å². The van der Waals surface area contributed by atoms with E-state index in [-0.39, 0.29) is 6.10 Å². The van der Waals surface area contributed by atoms with Crippen LogP contribution in [0.5, 0.6) is 0 Å². The van der Waals surface area contributed by atoms with Gasteiger partial charge in [0.1, 0.15) is 0 Å². The summed E-state index contributed by atoms with van der Waals surface area (Å²) in [6.45, 7) is 5.17. The second-order valence-corrected chi connectivity index (χ2v) is 5.89. The molecular formula is C17H28N2O. The summed E-state index contributed by atoms with van der Waals surface area (Å²) in [7, 11) is 4.27. The van der Waals surface area contributed by atoms with Gasteiger partial charge in [-0.2, -0.15) is 0 Å². The van der Waals surface area contributed by atoms with Crippen LogP contribution in [0.3, 0.4) is 0 Å². The van der Waals surface area contributed by atoms with Crippen LogP contribution in [-0.4, -0.2) is 44.7 Å². The highest BCUT2D eigenvalue weighted by Crippen LogP contribution is 2.30. The van der Waals surface area contributed by atoms with E-state index in [9.17, 15) is 0 Å². The number of hydrogen-bond donors (Lipinski definition) is 1. The van der Waals surface area contributed by atoms with Gasteiger partial charge in [-0.15, -0.1) is 0 Å². The molecule has 3 nitrogen and oxygen atoms in total. The molecule has 0 fully saturated rings. The molecule has 1 aromatic carbocycles. The minimum Gasteiger partial charge on any atom is -0.373 e. The minimum atomic E-state index is 0.256. The quantitative estimate of drug-likeness (QED) is 0.828. The molecular weight excluding hydrogens is 248 g/mol. The van der Waals surface area contributed by atoms with Crippen LogP contribution >= 0.6 is 0 Å². The molecule has 3 heteroatoms. The first-order valence-electron chi connectivity index (χ1n) is 7.78. The zero-order valence-electron chi connectivity index (χ0n) is 13.1. The molecule has 0 saturated heterocycles. The van der Waals surface area contributed by atoms with Crippen molar-refractivity contribution in [2.75, 3.05) is 33.8 Å². The molecule has 0 spiro atoms. The van der Waals surface area contributed by atoms with Crippen molar-refractivity contribution in [3.05, 3.63) is 35.4 Å². The Morgan fingerprint density at radius 2 is 2.15 bits per heavy atom. The molecule has 0 aliphatic carbocycles. The molecule has 2 rings (SSSR count). The van der Waals surface area contributed by atoms with Crippen molar-refractivity contribution in [3.8, 4) is 0 Å². The van der Waals surface area contributed by atoms with Gasteiger partial charge < -0.3 is 15.0 Å². The lowest BCUT2D eigenvalue weighted by molar-refractivity contribution is 0.0285. The Kier molecular flexibility index (Phi) is 6.02. The Morgan fingerprint density at radius 1 is 1.35 bits per heavy atom. The summed E-state index contributed by atoms with van der Waals surface area (Å²) < 4.78 is 6.03. The Labute approximate surface area is 123 Å². The Morgan fingerprint density at radius 3 is 2.90 bits per heavy atom. The lowest BCUT2D eigenvalue weighted by Crippen LogP contribution is -2.35. The second-order valence-electron chi connectivity index (χ2n) is 5.89. The van der Waals surface area contributed by atoms with Crippen LogP contribution in [0.4, 0.5) is 0 Å². The fraction of sp³-hybridized carbons (Fsp3) is 0.647. The van der Waals surface area contributed by atoms with E-state index in [1.807, 2.05) is 0 Å². The molecule has 1 N–H and O–H groups in total. The highest BCUT2D eigenvalue weighted by atomic mass is 16.5. The first-order chi connectivity index (χ1) is 9.70. The summed E-state index contributed by atoms with van der Waals surface area (Å²) in [5.74, 6) is 0. The largest absolute Gasteiger partial charge is 0.373 e. The van der Waals surface area contributed by atoms with Crippen molar-refractivity contribution >= 4 is 0 Å².